The van der Waals surface area contributed by atoms with Gasteiger partial charge in [0.2, 0.25) is 0 Å². The van der Waals surface area contributed by atoms with Gasteiger partial charge in [0.05, 0.1) is 18.1 Å². The fourth-order valence-corrected chi connectivity index (χ4v) is 4.46. The molecule has 0 unspecified atom stereocenters. The summed E-state index contributed by atoms with van der Waals surface area (Å²) in [4.78, 5) is 27.2. The predicted molar refractivity (Wildman–Crippen MR) is 116 cm³/mol. The van der Waals surface area contributed by atoms with Crippen LogP contribution in [0.4, 0.5) is 4.79 Å². The molecule has 0 aliphatic carbocycles. The van der Waals surface area contributed by atoms with Crippen molar-refractivity contribution >= 4 is 12.1 Å². The Morgan fingerprint density at radius 3 is 2.37 bits per heavy atom. The molecule has 2 saturated heterocycles. The number of esters is 1. The second kappa shape index (κ2) is 10.3. The van der Waals surface area contributed by atoms with Crippen LogP contribution in [0.2, 0.25) is 0 Å². The van der Waals surface area contributed by atoms with Crippen LogP contribution in [0.5, 0.6) is 0 Å². The minimum absolute atomic E-state index is 0.0479. The van der Waals surface area contributed by atoms with Gasteiger partial charge >= 0.3 is 12.1 Å². The lowest BCUT2D eigenvalue weighted by molar-refractivity contribution is -0.161. The quantitative estimate of drug-likeness (QED) is 0.652. The first-order chi connectivity index (χ1) is 14.0. The molecule has 0 aromatic heterocycles. The van der Waals surface area contributed by atoms with Crippen molar-refractivity contribution in [2.45, 2.75) is 97.9 Å². The first-order valence-electron chi connectivity index (χ1n) is 11.5. The first-order valence-corrected chi connectivity index (χ1v) is 11.5. The smallest absolute Gasteiger partial charge is 0.410 e. The Morgan fingerprint density at radius 2 is 1.83 bits per heavy atom. The number of hydrogen-bond acceptors (Lipinski definition) is 6. The number of likely N-dealkylation sites (tertiary alicyclic amines) is 1. The molecule has 2 fully saturated rings. The number of rotatable bonds is 6. The molecule has 0 saturated carbocycles. The minimum atomic E-state index is -0.639. The Labute approximate surface area is 182 Å². The van der Waals surface area contributed by atoms with Crippen molar-refractivity contribution in [1.29, 1.82) is 0 Å². The fourth-order valence-electron chi connectivity index (χ4n) is 4.46. The van der Waals surface area contributed by atoms with E-state index < -0.39 is 11.0 Å². The minimum Gasteiger partial charge on any atom is -0.466 e. The summed E-state index contributed by atoms with van der Waals surface area (Å²) in [6.45, 7) is 16.0. The third-order valence-electron chi connectivity index (χ3n) is 6.36. The van der Waals surface area contributed by atoms with E-state index in [2.05, 4.69) is 26.1 Å². The molecule has 0 aromatic rings. The summed E-state index contributed by atoms with van der Waals surface area (Å²) in [7, 11) is 0. The zero-order valence-corrected chi connectivity index (χ0v) is 20.0. The lowest BCUT2D eigenvalue weighted by Gasteiger charge is -2.45. The second-order valence-corrected chi connectivity index (χ2v) is 10.1. The van der Waals surface area contributed by atoms with Crippen LogP contribution in [0.25, 0.3) is 0 Å². The van der Waals surface area contributed by atoms with Gasteiger partial charge in [-0.2, -0.15) is 0 Å². The highest BCUT2D eigenvalue weighted by atomic mass is 16.6. The van der Waals surface area contributed by atoms with Crippen LogP contribution in [0, 0.1) is 11.3 Å². The van der Waals surface area contributed by atoms with E-state index in [1.165, 1.54) is 0 Å². The number of carbonyl (C=O) groups excluding carboxylic acids is 2. The van der Waals surface area contributed by atoms with Gasteiger partial charge in [0.15, 0.2) is 0 Å². The van der Waals surface area contributed by atoms with Crippen LogP contribution >= 0.6 is 0 Å². The summed E-state index contributed by atoms with van der Waals surface area (Å²) in [6.07, 6.45) is 2.95. The van der Waals surface area contributed by atoms with Gasteiger partial charge in [-0.15, -0.1) is 0 Å². The molecule has 0 aromatic carbocycles. The molecule has 1 amide bonds. The number of amides is 1. The molecule has 0 bridgehead atoms. The van der Waals surface area contributed by atoms with E-state index in [0.717, 1.165) is 19.4 Å². The van der Waals surface area contributed by atoms with Gasteiger partial charge in [0.1, 0.15) is 5.60 Å². The van der Waals surface area contributed by atoms with Gasteiger partial charge in [-0.3, -0.25) is 4.79 Å². The molecular formula is C23H42N2O5. The van der Waals surface area contributed by atoms with Crippen molar-refractivity contribution in [3.63, 3.8) is 0 Å². The van der Waals surface area contributed by atoms with E-state index >= 15 is 0 Å². The van der Waals surface area contributed by atoms with Crippen molar-refractivity contribution in [3.8, 4) is 0 Å². The van der Waals surface area contributed by atoms with Crippen molar-refractivity contribution in [2.24, 2.45) is 11.3 Å². The third kappa shape index (κ3) is 6.33. The summed E-state index contributed by atoms with van der Waals surface area (Å²) in [6, 6.07) is 0.268. The van der Waals surface area contributed by atoms with Crippen molar-refractivity contribution in [3.05, 3.63) is 0 Å². The molecule has 0 radical (unpaired) electrons. The van der Waals surface area contributed by atoms with Crippen molar-refractivity contribution < 1.29 is 23.8 Å². The average molecular weight is 427 g/mol. The summed E-state index contributed by atoms with van der Waals surface area (Å²) in [5, 5.41) is 3.72. The molecule has 2 aliphatic rings. The van der Waals surface area contributed by atoms with Crippen LogP contribution in [-0.2, 0) is 19.0 Å². The summed E-state index contributed by atoms with van der Waals surface area (Å²) in [5.74, 6) is 0.308. The number of carbonyl (C=O) groups is 2. The highest BCUT2D eigenvalue weighted by Crippen LogP contribution is 2.38. The van der Waals surface area contributed by atoms with Gasteiger partial charge in [-0.05, 0) is 66.2 Å². The molecule has 7 nitrogen and oxygen atoms in total. The number of nitrogens with one attached hydrogen (secondary N) is 1. The molecule has 7 heteroatoms. The van der Waals surface area contributed by atoms with E-state index in [4.69, 9.17) is 14.2 Å². The maximum atomic E-state index is 13.1. The van der Waals surface area contributed by atoms with E-state index in [0.29, 0.717) is 44.5 Å². The highest BCUT2D eigenvalue weighted by molar-refractivity contribution is 5.78. The molecule has 3 atom stereocenters. The normalized spacial score (nSPS) is 25.7. The Hall–Kier alpha value is -1.34. The average Bonchev–Trinajstić information content (AvgIpc) is 2.67. The molecular weight excluding hydrogens is 384 g/mol. The monoisotopic (exact) mass is 426 g/mol. The molecule has 174 valence electrons. The zero-order valence-electron chi connectivity index (χ0n) is 20.0. The predicted octanol–water partition coefficient (Wildman–Crippen LogP) is 3.75. The van der Waals surface area contributed by atoms with Crippen LogP contribution in [0.3, 0.4) is 0 Å². The Morgan fingerprint density at radius 1 is 1.20 bits per heavy atom. The number of ether oxygens (including phenoxy) is 3. The van der Waals surface area contributed by atoms with Gasteiger partial charge < -0.3 is 24.4 Å². The van der Waals surface area contributed by atoms with E-state index in [9.17, 15) is 9.59 Å². The molecule has 30 heavy (non-hydrogen) atoms. The number of hydrogen-bond donors (Lipinski definition) is 1. The summed E-state index contributed by atoms with van der Waals surface area (Å²) in [5.41, 5.74) is -1.17. The standard InChI is InChI=1S/C23H42N2O5/c1-8-28-20(26)23(10-12-25(13-11-23)21(27)30-22(5,6)7)17(4)24-18-9-14-29-19(15-18)16(2)3/h16-19,24H,8-15H2,1-7H3/t17-,18-,19+/m0/s1. The van der Waals surface area contributed by atoms with Crippen LogP contribution in [0.1, 0.15) is 74.1 Å². The van der Waals surface area contributed by atoms with Gasteiger partial charge in [0.25, 0.3) is 0 Å². The highest BCUT2D eigenvalue weighted by Gasteiger charge is 2.48. The Kier molecular flexibility index (Phi) is 8.57. The van der Waals surface area contributed by atoms with Gasteiger partial charge in [-0.25, -0.2) is 4.79 Å². The van der Waals surface area contributed by atoms with Crippen molar-refractivity contribution in [1.82, 2.24) is 10.2 Å². The maximum absolute atomic E-state index is 13.1. The Balaban J connectivity index is 2.07. The fraction of sp³-hybridized carbons (Fsp3) is 0.913. The van der Waals surface area contributed by atoms with Crippen LogP contribution in [0.15, 0.2) is 0 Å². The molecule has 2 aliphatic heterocycles. The largest absolute Gasteiger partial charge is 0.466 e. The van der Waals surface area contributed by atoms with Gasteiger partial charge in [-0.1, -0.05) is 13.8 Å². The summed E-state index contributed by atoms with van der Waals surface area (Å²) >= 11 is 0. The molecule has 2 heterocycles. The Bertz CT molecular complexity index is 579. The van der Waals surface area contributed by atoms with Crippen molar-refractivity contribution in [2.75, 3.05) is 26.3 Å². The van der Waals surface area contributed by atoms with Gasteiger partial charge in [0, 0.05) is 31.8 Å². The van der Waals surface area contributed by atoms with E-state index in [1.807, 2.05) is 27.7 Å². The first kappa shape index (κ1) is 24.9. The van der Waals surface area contributed by atoms with E-state index in [1.54, 1.807) is 4.90 Å². The van der Waals surface area contributed by atoms with E-state index in [-0.39, 0.29) is 24.2 Å². The molecule has 1 N–H and O–H groups in total. The lowest BCUT2D eigenvalue weighted by Crippen LogP contribution is -2.58. The van der Waals surface area contributed by atoms with Crippen LogP contribution in [-0.4, -0.2) is 67.1 Å². The topological polar surface area (TPSA) is 77.1 Å². The number of piperidine rings is 1. The number of nitrogens with zero attached hydrogens (tertiary/aromatic N) is 1. The van der Waals surface area contributed by atoms with Crippen LogP contribution < -0.4 is 5.32 Å². The molecule has 2 rings (SSSR count). The maximum Gasteiger partial charge on any atom is 0.410 e. The SMILES string of the molecule is CCOC(=O)C1([C@H](C)N[C@H]2CCO[C@@H](C(C)C)C2)CCN(C(=O)OC(C)(C)C)CC1. The summed E-state index contributed by atoms with van der Waals surface area (Å²) < 4.78 is 16.9. The molecule has 0 spiro atoms. The lowest BCUT2D eigenvalue weighted by atomic mass is 9.72. The third-order valence-corrected chi connectivity index (χ3v) is 6.36. The second-order valence-electron chi connectivity index (χ2n) is 10.1. The zero-order chi connectivity index (χ0) is 22.5.